The molecule has 18 heavy (non-hydrogen) atoms. The molecule has 2 aliphatic rings. The zero-order chi connectivity index (χ0) is 13.0. The maximum Gasteiger partial charge on any atom is 0.0125 e. The summed E-state index contributed by atoms with van der Waals surface area (Å²) in [5.41, 5.74) is 5.51. The molecule has 1 fully saturated rings. The van der Waals surface area contributed by atoms with Crippen molar-refractivity contribution in [2.24, 2.45) is 5.41 Å². The molecule has 1 aliphatic carbocycles. The fourth-order valence-corrected chi connectivity index (χ4v) is 3.76. The van der Waals surface area contributed by atoms with E-state index in [4.69, 9.17) is 0 Å². The van der Waals surface area contributed by atoms with Gasteiger partial charge in [0.15, 0.2) is 0 Å². The van der Waals surface area contributed by atoms with Gasteiger partial charge in [-0.15, -0.1) is 0 Å². The van der Waals surface area contributed by atoms with E-state index in [1.54, 1.807) is 11.1 Å². The Balaban J connectivity index is 1.82. The van der Waals surface area contributed by atoms with Gasteiger partial charge in [-0.3, -0.25) is 4.90 Å². The van der Waals surface area contributed by atoms with E-state index < -0.39 is 0 Å². The maximum absolute atomic E-state index is 2.67. The van der Waals surface area contributed by atoms with Gasteiger partial charge in [0.25, 0.3) is 0 Å². The standard InChI is InChI=1S/C17H25N/c1-13-5-6-14-10-17(11-15(14)9-13)7-8-18(12-17)16(2,3)4/h5-6,9H,7-8,10-12H2,1-4H3. The van der Waals surface area contributed by atoms with Crippen LogP contribution in [0.5, 0.6) is 0 Å². The highest BCUT2D eigenvalue weighted by atomic mass is 15.2. The van der Waals surface area contributed by atoms with Crippen LogP contribution in [0.4, 0.5) is 0 Å². The SMILES string of the molecule is Cc1ccc2c(c1)CC1(CCN(C(C)(C)C)C1)C2. The Morgan fingerprint density at radius 2 is 1.83 bits per heavy atom. The molecule has 1 aromatic rings. The Kier molecular flexibility index (Phi) is 2.60. The third-order valence-corrected chi connectivity index (χ3v) is 4.88. The number of aryl methyl sites for hydroxylation is 1. The van der Waals surface area contributed by atoms with Crippen molar-refractivity contribution in [2.75, 3.05) is 13.1 Å². The molecule has 1 saturated heterocycles. The average Bonchev–Trinajstić information content (AvgIpc) is 2.81. The Labute approximate surface area is 111 Å². The van der Waals surface area contributed by atoms with Crippen LogP contribution in [-0.2, 0) is 12.8 Å². The first kappa shape index (κ1) is 12.2. The first-order chi connectivity index (χ1) is 8.38. The van der Waals surface area contributed by atoms with Gasteiger partial charge in [0, 0.05) is 12.1 Å². The molecule has 1 atom stereocenters. The third kappa shape index (κ3) is 1.99. The summed E-state index contributed by atoms with van der Waals surface area (Å²) in [6, 6.07) is 7.04. The molecule has 1 spiro atoms. The minimum atomic E-state index is 0.328. The summed E-state index contributed by atoms with van der Waals surface area (Å²) in [4.78, 5) is 2.67. The molecule has 1 aromatic carbocycles. The molecule has 3 rings (SSSR count). The monoisotopic (exact) mass is 243 g/mol. The zero-order valence-electron chi connectivity index (χ0n) is 12.2. The van der Waals surface area contributed by atoms with Crippen LogP contribution in [0.25, 0.3) is 0 Å². The maximum atomic E-state index is 2.67. The van der Waals surface area contributed by atoms with E-state index in [9.17, 15) is 0 Å². The lowest BCUT2D eigenvalue weighted by molar-refractivity contribution is 0.150. The van der Waals surface area contributed by atoms with E-state index in [1.165, 1.54) is 37.9 Å². The highest BCUT2D eigenvalue weighted by molar-refractivity contribution is 5.38. The molecule has 0 aromatic heterocycles. The molecule has 1 heterocycles. The highest BCUT2D eigenvalue weighted by Gasteiger charge is 2.44. The quantitative estimate of drug-likeness (QED) is 0.673. The highest BCUT2D eigenvalue weighted by Crippen LogP contribution is 2.45. The van der Waals surface area contributed by atoms with Crippen LogP contribution in [0.3, 0.4) is 0 Å². The number of benzene rings is 1. The van der Waals surface area contributed by atoms with E-state index in [2.05, 4.69) is 50.8 Å². The number of rotatable bonds is 0. The van der Waals surface area contributed by atoms with Crippen LogP contribution in [-0.4, -0.2) is 23.5 Å². The molecule has 0 N–H and O–H groups in total. The first-order valence-corrected chi connectivity index (χ1v) is 7.22. The van der Waals surface area contributed by atoms with Crippen molar-refractivity contribution in [3.63, 3.8) is 0 Å². The van der Waals surface area contributed by atoms with Crippen molar-refractivity contribution >= 4 is 0 Å². The molecule has 1 heteroatoms. The largest absolute Gasteiger partial charge is 0.298 e. The van der Waals surface area contributed by atoms with Crippen molar-refractivity contribution in [1.82, 2.24) is 4.90 Å². The molecule has 98 valence electrons. The minimum Gasteiger partial charge on any atom is -0.298 e. The summed E-state index contributed by atoms with van der Waals surface area (Å²) < 4.78 is 0. The molecule has 0 amide bonds. The summed E-state index contributed by atoms with van der Waals surface area (Å²) in [6.45, 7) is 11.8. The van der Waals surface area contributed by atoms with Crippen molar-refractivity contribution in [3.8, 4) is 0 Å². The topological polar surface area (TPSA) is 3.24 Å². The van der Waals surface area contributed by atoms with E-state index in [0.717, 1.165) is 0 Å². The number of hydrogen-bond donors (Lipinski definition) is 0. The number of fused-ring (bicyclic) bond motifs is 1. The van der Waals surface area contributed by atoms with Gasteiger partial charge in [0.2, 0.25) is 0 Å². The van der Waals surface area contributed by atoms with Crippen LogP contribution in [0.15, 0.2) is 18.2 Å². The van der Waals surface area contributed by atoms with Crippen molar-refractivity contribution in [3.05, 3.63) is 34.9 Å². The van der Waals surface area contributed by atoms with Gasteiger partial charge >= 0.3 is 0 Å². The summed E-state index contributed by atoms with van der Waals surface area (Å²) in [5.74, 6) is 0. The lowest BCUT2D eigenvalue weighted by Crippen LogP contribution is -2.41. The fourth-order valence-electron chi connectivity index (χ4n) is 3.76. The molecule has 0 bridgehead atoms. The van der Waals surface area contributed by atoms with Crippen molar-refractivity contribution in [1.29, 1.82) is 0 Å². The summed E-state index contributed by atoms with van der Waals surface area (Å²) >= 11 is 0. The molecule has 1 nitrogen and oxygen atoms in total. The van der Waals surface area contributed by atoms with Crippen molar-refractivity contribution < 1.29 is 0 Å². The molecular weight excluding hydrogens is 218 g/mol. The minimum absolute atomic E-state index is 0.328. The zero-order valence-corrected chi connectivity index (χ0v) is 12.2. The smallest absolute Gasteiger partial charge is 0.0125 e. The molecule has 1 aliphatic heterocycles. The van der Waals surface area contributed by atoms with Gasteiger partial charge in [-0.25, -0.2) is 0 Å². The molecular formula is C17H25N. The predicted octanol–water partition coefficient (Wildman–Crippen LogP) is 3.58. The summed E-state index contributed by atoms with van der Waals surface area (Å²) in [6.07, 6.45) is 3.98. The Morgan fingerprint density at radius 1 is 1.11 bits per heavy atom. The van der Waals surface area contributed by atoms with E-state index in [0.29, 0.717) is 11.0 Å². The second-order valence-electron chi connectivity index (χ2n) is 7.47. The molecule has 0 radical (unpaired) electrons. The lowest BCUT2D eigenvalue weighted by atomic mass is 9.84. The number of likely N-dealkylation sites (tertiary alicyclic amines) is 1. The van der Waals surface area contributed by atoms with Gasteiger partial charge in [-0.1, -0.05) is 23.8 Å². The Morgan fingerprint density at radius 3 is 2.50 bits per heavy atom. The number of nitrogens with zero attached hydrogens (tertiary/aromatic N) is 1. The molecule has 1 unspecified atom stereocenters. The summed E-state index contributed by atoms with van der Waals surface area (Å²) in [5, 5.41) is 0. The third-order valence-electron chi connectivity index (χ3n) is 4.88. The Bertz CT molecular complexity index is 469. The normalized spacial score (nSPS) is 28.0. The van der Waals surface area contributed by atoms with Gasteiger partial charge in [-0.05, 0) is 70.0 Å². The fraction of sp³-hybridized carbons (Fsp3) is 0.647. The van der Waals surface area contributed by atoms with E-state index in [1.807, 2.05) is 0 Å². The second kappa shape index (κ2) is 3.84. The van der Waals surface area contributed by atoms with Gasteiger partial charge in [0.1, 0.15) is 0 Å². The Hall–Kier alpha value is -0.820. The van der Waals surface area contributed by atoms with Crippen LogP contribution in [0, 0.1) is 12.3 Å². The summed E-state index contributed by atoms with van der Waals surface area (Å²) in [7, 11) is 0. The average molecular weight is 243 g/mol. The van der Waals surface area contributed by atoms with Crippen LogP contribution in [0.2, 0.25) is 0 Å². The molecule has 0 saturated carbocycles. The van der Waals surface area contributed by atoms with Crippen molar-refractivity contribution in [2.45, 2.75) is 52.5 Å². The second-order valence-corrected chi connectivity index (χ2v) is 7.47. The van der Waals surface area contributed by atoms with Crippen LogP contribution < -0.4 is 0 Å². The number of hydrogen-bond acceptors (Lipinski definition) is 1. The van der Waals surface area contributed by atoms with Gasteiger partial charge in [0.05, 0.1) is 0 Å². The van der Waals surface area contributed by atoms with Crippen LogP contribution >= 0.6 is 0 Å². The van der Waals surface area contributed by atoms with E-state index in [-0.39, 0.29) is 0 Å². The first-order valence-electron chi connectivity index (χ1n) is 7.22. The van der Waals surface area contributed by atoms with Gasteiger partial charge < -0.3 is 0 Å². The van der Waals surface area contributed by atoms with Crippen LogP contribution in [0.1, 0.15) is 43.9 Å². The predicted molar refractivity (Wildman–Crippen MR) is 77.0 cm³/mol. The van der Waals surface area contributed by atoms with E-state index >= 15 is 0 Å². The lowest BCUT2D eigenvalue weighted by Gasteiger charge is -2.33. The van der Waals surface area contributed by atoms with Gasteiger partial charge in [-0.2, -0.15) is 0 Å².